The molecule has 1 amide bonds. The van der Waals surface area contributed by atoms with Crippen molar-refractivity contribution in [2.45, 2.75) is 26.1 Å². The van der Waals surface area contributed by atoms with E-state index in [2.05, 4.69) is 15.4 Å². The van der Waals surface area contributed by atoms with Crippen LogP contribution in [0.15, 0.2) is 36.7 Å². The highest BCUT2D eigenvalue weighted by Gasteiger charge is 2.31. The number of carbonyl (C=O) groups is 1. The number of nitrogens with one attached hydrogen (secondary N) is 1. The molecule has 9 heteroatoms. The minimum absolute atomic E-state index is 0.0971. The van der Waals surface area contributed by atoms with Gasteiger partial charge in [-0.25, -0.2) is 8.42 Å². The maximum Gasteiger partial charge on any atom is 0.246 e. The second-order valence-electron chi connectivity index (χ2n) is 6.29. The van der Waals surface area contributed by atoms with Crippen LogP contribution < -0.4 is 5.32 Å². The number of rotatable bonds is 7. The Hall–Kier alpha value is -2.26. The van der Waals surface area contributed by atoms with Crippen LogP contribution in [0.1, 0.15) is 24.4 Å². The number of amides is 1. The third-order valence-corrected chi connectivity index (χ3v) is 6.18. The highest BCUT2D eigenvalue weighted by atomic mass is 32.2. The van der Waals surface area contributed by atoms with E-state index in [1.54, 1.807) is 24.0 Å². The molecular formula is C17H23N5O3S. The minimum Gasteiger partial charge on any atom is -0.349 e. The SMILES string of the molecule is CCS(=O)(=O)CCN1Cc2ccnn2[C@H](C(=O)NCc2ccccn2)C1. The van der Waals surface area contributed by atoms with E-state index in [0.717, 1.165) is 11.4 Å². The lowest BCUT2D eigenvalue weighted by molar-refractivity contribution is -0.126. The first kappa shape index (κ1) is 18.5. The lowest BCUT2D eigenvalue weighted by Crippen LogP contribution is -2.46. The molecule has 1 N–H and O–H groups in total. The molecule has 1 atom stereocenters. The van der Waals surface area contributed by atoms with Crippen LogP contribution in [-0.2, 0) is 27.7 Å². The topological polar surface area (TPSA) is 97.2 Å². The molecule has 0 radical (unpaired) electrons. The molecule has 140 valence electrons. The number of pyridine rings is 1. The summed E-state index contributed by atoms with van der Waals surface area (Å²) in [5, 5.41) is 7.17. The summed E-state index contributed by atoms with van der Waals surface area (Å²) in [5.74, 6) is 0.0794. The van der Waals surface area contributed by atoms with Crippen LogP contribution in [0.25, 0.3) is 0 Å². The maximum absolute atomic E-state index is 12.7. The zero-order valence-electron chi connectivity index (χ0n) is 14.7. The molecule has 8 nitrogen and oxygen atoms in total. The molecule has 0 bridgehead atoms. The molecule has 1 aliphatic rings. The summed E-state index contributed by atoms with van der Waals surface area (Å²) >= 11 is 0. The van der Waals surface area contributed by atoms with Crippen molar-refractivity contribution in [3.63, 3.8) is 0 Å². The zero-order chi connectivity index (χ0) is 18.6. The van der Waals surface area contributed by atoms with Crippen LogP contribution in [0.2, 0.25) is 0 Å². The van der Waals surface area contributed by atoms with Gasteiger partial charge in [-0.1, -0.05) is 13.0 Å². The Labute approximate surface area is 153 Å². The Bertz CT molecular complexity index is 850. The Balaban J connectivity index is 1.66. The molecule has 1 aliphatic heterocycles. The summed E-state index contributed by atoms with van der Waals surface area (Å²) in [4.78, 5) is 18.9. The Kier molecular flexibility index (Phi) is 5.67. The van der Waals surface area contributed by atoms with Gasteiger partial charge in [0.1, 0.15) is 6.04 Å². The molecule has 0 fully saturated rings. The van der Waals surface area contributed by atoms with E-state index in [-0.39, 0.29) is 17.4 Å². The minimum atomic E-state index is -3.04. The lowest BCUT2D eigenvalue weighted by atomic mass is 10.1. The first-order chi connectivity index (χ1) is 12.5. The highest BCUT2D eigenvalue weighted by molar-refractivity contribution is 7.91. The molecule has 0 aliphatic carbocycles. The van der Waals surface area contributed by atoms with Crippen LogP contribution in [-0.4, -0.2) is 58.6 Å². The standard InChI is InChI=1S/C17H23N5O3S/c1-2-26(24,25)10-9-21-12-15-6-8-20-22(15)16(13-21)17(23)19-11-14-5-3-4-7-18-14/h3-8,16H,2,9-13H2,1H3,(H,19,23)/t16-/m0/s1. The second-order valence-corrected chi connectivity index (χ2v) is 8.77. The zero-order valence-corrected chi connectivity index (χ0v) is 15.5. The Morgan fingerprint density at radius 2 is 2.15 bits per heavy atom. The number of carbonyl (C=O) groups excluding carboxylic acids is 1. The van der Waals surface area contributed by atoms with Crippen molar-refractivity contribution in [2.24, 2.45) is 0 Å². The van der Waals surface area contributed by atoms with Gasteiger partial charge in [-0.3, -0.25) is 19.4 Å². The summed E-state index contributed by atoms with van der Waals surface area (Å²) in [7, 11) is -3.04. The molecule has 0 saturated heterocycles. The lowest BCUT2D eigenvalue weighted by Gasteiger charge is -2.33. The third kappa shape index (κ3) is 4.47. The monoisotopic (exact) mass is 377 g/mol. The van der Waals surface area contributed by atoms with E-state index in [9.17, 15) is 13.2 Å². The van der Waals surface area contributed by atoms with Gasteiger partial charge in [-0.05, 0) is 18.2 Å². The summed E-state index contributed by atoms with van der Waals surface area (Å²) < 4.78 is 25.3. The van der Waals surface area contributed by atoms with Crippen molar-refractivity contribution in [1.29, 1.82) is 0 Å². The molecule has 0 spiro atoms. The molecule has 3 heterocycles. The number of hydrogen-bond donors (Lipinski definition) is 1. The van der Waals surface area contributed by atoms with Crippen molar-refractivity contribution < 1.29 is 13.2 Å². The summed E-state index contributed by atoms with van der Waals surface area (Å²) in [6.45, 7) is 3.42. The van der Waals surface area contributed by atoms with Gasteiger partial charge in [0.05, 0.1) is 23.7 Å². The first-order valence-corrected chi connectivity index (χ1v) is 10.4. The van der Waals surface area contributed by atoms with Crippen molar-refractivity contribution in [3.8, 4) is 0 Å². The van der Waals surface area contributed by atoms with Crippen molar-refractivity contribution in [1.82, 2.24) is 25.0 Å². The smallest absolute Gasteiger partial charge is 0.246 e. The molecule has 0 unspecified atom stereocenters. The summed E-state index contributed by atoms with van der Waals surface area (Å²) in [6.07, 6.45) is 3.35. The van der Waals surface area contributed by atoms with Crippen molar-refractivity contribution in [2.75, 3.05) is 24.6 Å². The number of aromatic nitrogens is 3. The van der Waals surface area contributed by atoms with Gasteiger partial charge in [-0.15, -0.1) is 0 Å². The fraction of sp³-hybridized carbons (Fsp3) is 0.471. The number of hydrogen-bond acceptors (Lipinski definition) is 6. The van der Waals surface area contributed by atoms with Crippen LogP contribution in [0.3, 0.4) is 0 Å². The Morgan fingerprint density at radius 1 is 1.31 bits per heavy atom. The van der Waals surface area contributed by atoms with E-state index < -0.39 is 15.9 Å². The van der Waals surface area contributed by atoms with Gasteiger partial charge in [0.2, 0.25) is 5.91 Å². The maximum atomic E-state index is 12.7. The van der Waals surface area contributed by atoms with Gasteiger partial charge in [0.25, 0.3) is 0 Å². The average molecular weight is 377 g/mol. The van der Waals surface area contributed by atoms with Gasteiger partial charge in [0.15, 0.2) is 9.84 Å². The summed E-state index contributed by atoms with van der Waals surface area (Å²) in [6, 6.07) is 6.92. The van der Waals surface area contributed by atoms with Crippen molar-refractivity contribution >= 4 is 15.7 Å². The number of fused-ring (bicyclic) bond motifs is 1. The molecule has 0 aromatic carbocycles. The van der Waals surface area contributed by atoms with Crippen LogP contribution in [0, 0.1) is 0 Å². The molecular weight excluding hydrogens is 354 g/mol. The molecule has 2 aromatic heterocycles. The Morgan fingerprint density at radius 3 is 2.88 bits per heavy atom. The predicted octanol–water partition coefficient (Wildman–Crippen LogP) is 0.386. The van der Waals surface area contributed by atoms with Crippen LogP contribution in [0.4, 0.5) is 0 Å². The predicted molar refractivity (Wildman–Crippen MR) is 97.0 cm³/mol. The van der Waals surface area contributed by atoms with Crippen molar-refractivity contribution in [3.05, 3.63) is 48.0 Å². The van der Waals surface area contributed by atoms with E-state index in [0.29, 0.717) is 26.2 Å². The van der Waals surface area contributed by atoms with E-state index in [4.69, 9.17) is 0 Å². The molecule has 0 saturated carbocycles. The number of nitrogens with zero attached hydrogens (tertiary/aromatic N) is 4. The fourth-order valence-electron chi connectivity index (χ4n) is 2.94. The summed E-state index contributed by atoms with van der Waals surface area (Å²) in [5.41, 5.74) is 1.69. The molecule has 3 rings (SSSR count). The van der Waals surface area contributed by atoms with Gasteiger partial charge in [-0.2, -0.15) is 5.10 Å². The first-order valence-electron chi connectivity index (χ1n) is 8.61. The highest BCUT2D eigenvalue weighted by Crippen LogP contribution is 2.20. The van der Waals surface area contributed by atoms with E-state index >= 15 is 0 Å². The third-order valence-electron chi connectivity index (χ3n) is 4.50. The fourth-order valence-corrected chi connectivity index (χ4v) is 3.76. The van der Waals surface area contributed by atoms with E-state index in [1.165, 1.54) is 0 Å². The molecule has 2 aromatic rings. The van der Waals surface area contributed by atoms with Gasteiger partial charge >= 0.3 is 0 Å². The van der Waals surface area contributed by atoms with E-state index in [1.807, 2.05) is 29.2 Å². The van der Waals surface area contributed by atoms with Crippen LogP contribution >= 0.6 is 0 Å². The quantitative estimate of drug-likeness (QED) is 0.750. The van der Waals surface area contributed by atoms with Gasteiger partial charge < -0.3 is 5.32 Å². The normalized spacial score (nSPS) is 17.7. The van der Waals surface area contributed by atoms with Crippen LogP contribution in [0.5, 0.6) is 0 Å². The van der Waals surface area contributed by atoms with Gasteiger partial charge in [0, 0.05) is 37.8 Å². The largest absolute Gasteiger partial charge is 0.349 e. The second kappa shape index (κ2) is 7.96. The average Bonchev–Trinajstić information content (AvgIpc) is 3.13. The number of sulfone groups is 1. The molecule has 26 heavy (non-hydrogen) atoms.